The number of halogens is 1. The topological polar surface area (TPSA) is 84.2 Å². The predicted octanol–water partition coefficient (Wildman–Crippen LogP) is 3.61. The van der Waals surface area contributed by atoms with Crippen LogP contribution < -0.4 is 16.4 Å². The second kappa shape index (κ2) is 10.3. The van der Waals surface area contributed by atoms with E-state index in [0.717, 1.165) is 16.1 Å². The van der Waals surface area contributed by atoms with E-state index < -0.39 is 5.54 Å². The lowest BCUT2D eigenvalue weighted by atomic mass is 10.1. The van der Waals surface area contributed by atoms with Gasteiger partial charge in [-0.05, 0) is 45.0 Å². The minimum absolute atomic E-state index is 0. The van der Waals surface area contributed by atoms with Crippen LogP contribution in [0.4, 0.5) is 5.69 Å². The molecular weight excluding hydrogens is 382 g/mol. The molecule has 0 aliphatic carbocycles. The van der Waals surface area contributed by atoms with Gasteiger partial charge in [0.1, 0.15) is 0 Å². The molecule has 2 aromatic carbocycles. The summed E-state index contributed by atoms with van der Waals surface area (Å²) in [6.07, 6.45) is 0. The van der Waals surface area contributed by atoms with Crippen LogP contribution in [0.5, 0.6) is 0 Å². The van der Waals surface area contributed by atoms with Crippen LogP contribution in [0.25, 0.3) is 0 Å². The minimum Gasteiger partial charge on any atom is -0.350 e. The highest BCUT2D eigenvalue weighted by atomic mass is 35.5. The van der Waals surface area contributed by atoms with Gasteiger partial charge >= 0.3 is 0 Å². The van der Waals surface area contributed by atoms with E-state index in [4.69, 9.17) is 5.73 Å². The molecule has 0 bridgehead atoms. The highest BCUT2D eigenvalue weighted by molar-refractivity contribution is 8.00. The molecule has 4 N–H and O–H groups in total. The van der Waals surface area contributed by atoms with Crippen LogP contribution in [0.3, 0.4) is 0 Å². The molecule has 5 nitrogen and oxygen atoms in total. The third kappa shape index (κ3) is 8.03. The Morgan fingerprint density at radius 3 is 2.33 bits per heavy atom. The molecule has 0 saturated heterocycles. The molecule has 2 rings (SSSR count). The molecule has 0 radical (unpaired) electrons. The fourth-order valence-electron chi connectivity index (χ4n) is 2.16. The summed E-state index contributed by atoms with van der Waals surface area (Å²) in [5.41, 5.74) is 7.87. The Bertz CT molecular complexity index is 774. The van der Waals surface area contributed by atoms with Gasteiger partial charge in [0.25, 0.3) is 5.91 Å². The summed E-state index contributed by atoms with van der Waals surface area (Å²) in [6.45, 7) is 6.07. The highest BCUT2D eigenvalue weighted by Crippen LogP contribution is 2.23. The Hall–Kier alpha value is -2.02. The smallest absolute Gasteiger partial charge is 0.252 e. The van der Waals surface area contributed by atoms with Crippen molar-refractivity contribution in [3.63, 3.8) is 0 Å². The predicted molar refractivity (Wildman–Crippen MR) is 115 cm³/mol. The average Bonchev–Trinajstić information content (AvgIpc) is 2.59. The molecule has 146 valence electrons. The van der Waals surface area contributed by atoms with Crippen LogP contribution in [-0.4, -0.2) is 29.7 Å². The van der Waals surface area contributed by atoms with Gasteiger partial charge in [0, 0.05) is 22.7 Å². The maximum atomic E-state index is 12.4. The van der Waals surface area contributed by atoms with Gasteiger partial charge in [0.2, 0.25) is 5.91 Å². The van der Waals surface area contributed by atoms with E-state index in [1.165, 1.54) is 11.8 Å². The first-order chi connectivity index (χ1) is 12.2. The van der Waals surface area contributed by atoms with E-state index in [9.17, 15) is 9.59 Å². The Balaban J connectivity index is 0.00000364. The molecule has 0 aromatic heterocycles. The molecule has 2 aromatic rings. The van der Waals surface area contributed by atoms with Crippen molar-refractivity contribution in [2.45, 2.75) is 31.2 Å². The molecule has 0 heterocycles. The lowest BCUT2D eigenvalue weighted by Crippen LogP contribution is -2.45. The molecule has 0 fully saturated rings. The Kier molecular flexibility index (Phi) is 8.82. The normalized spacial score (nSPS) is 10.7. The average molecular weight is 408 g/mol. The van der Waals surface area contributed by atoms with Crippen molar-refractivity contribution >= 4 is 41.7 Å². The number of benzene rings is 2. The number of aryl methyl sites for hydroxylation is 1. The van der Waals surface area contributed by atoms with Gasteiger partial charge in [-0.1, -0.05) is 29.8 Å². The number of anilines is 1. The van der Waals surface area contributed by atoms with Gasteiger partial charge in [0.15, 0.2) is 0 Å². The van der Waals surface area contributed by atoms with Crippen molar-refractivity contribution in [2.75, 3.05) is 17.6 Å². The number of amides is 2. The Labute approximate surface area is 170 Å². The zero-order chi connectivity index (χ0) is 19.2. The molecular formula is C20H26ClN3O2S. The SMILES string of the molecule is Cc1ccc(NC(=O)CSc2ccccc2C(=O)NCC(C)(C)N)cc1.Cl. The van der Waals surface area contributed by atoms with E-state index in [2.05, 4.69) is 10.6 Å². The van der Waals surface area contributed by atoms with Crippen LogP contribution in [0.1, 0.15) is 29.8 Å². The maximum Gasteiger partial charge on any atom is 0.252 e. The molecule has 27 heavy (non-hydrogen) atoms. The van der Waals surface area contributed by atoms with Crippen LogP contribution in [0.15, 0.2) is 53.4 Å². The third-order valence-electron chi connectivity index (χ3n) is 3.53. The fourth-order valence-corrected chi connectivity index (χ4v) is 3.01. The monoisotopic (exact) mass is 407 g/mol. The van der Waals surface area contributed by atoms with Crippen molar-refractivity contribution in [3.05, 3.63) is 59.7 Å². The van der Waals surface area contributed by atoms with Gasteiger partial charge in [-0.25, -0.2) is 0 Å². The molecule has 0 spiro atoms. The second-order valence-electron chi connectivity index (χ2n) is 6.87. The van der Waals surface area contributed by atoms with Gasteiger partial charge in [0.05, 0.1) is 11.3 Å². The van der Waals surface area contributed by atoms with Crippen LogP contribution >= 0.6 is 24.2 Å². The second-order valence-corrected chi connectivity index (χ2v) is 7.89. The van der Waals surface area contributed by atoms with E-state index >= 15 is 0 Å². The standard InChI is InChI=1S/C20H25N3O2S.ClH/c1-14-8-10-15(11-9-14)23-18(24)12-26-17-7-5-4-6-16(17)19(25)22-13-20(2,3)21;/h4-11H,12-13,21H2,1-3H3,(H,22,25)(H,23,24);1H. The number of rotatable bonds is 7. The summed E-state index contributed by atoms with van der Waals surface area (Å²) >= 11 is 1.34. The first-order valence-corrected chi connectivity index (χ1v) is 9.38. The largest absolute Gasteiger partial charge is 0.350 e. The van der Waals surface area contributed by atoms with Gasteiger partial charge in [-0.15, -0.1) is 24.2 Å². The van der Waals surface area contributed by atoms with E-state index in [1.54, 1.807) is 12.1 Å². The summed E-state index contributed by atoms with van der Waals surface area (Å²) in [5, 5.41) is 5.69. The lowest BCUT2D eigenvalue weighted by Gasteiger charge is -2.19. The summed E-state index contributed by atoms with van der Waals surface area (Å²) in [6, 6.07) is 14.9. The zero-order valence-corrected chi connectivity index (χ0v) is 17.4. The number of thioether (sulfide) groups is 1. The zero-order valence-electron chi connectivity index (χ0n) is 15.7. The van der Waals surface area contributed by atoms with E-state index in [0.29, 0.717) is 12.1 Å². The number of hydrogen-bond acceptors (Lipinski definition) is 4. The number of carbonyl (C=O) groups is 2. The van der Waals surface area contributed by atoms with Crippen molar-refractivity contribution in [2.24, 2.45) is 5.73 Å². The Morgan fingerprint density at radius 2 is 1.70 bits per heavy atom. The van der Waals surface area contributed by atoms with Crippen molar-refractivity contribution in [1.82, 2.24) is 5.32 Å². The van der Waals surface area contributed by atoms with Gasteiger partial charge < -0.3 is 16.4 Å². The number of nitrogens with two attached hydrogens (primary N) is 1. The molecule has 0 saturated carbocycles. The van der Waals surface area contributed by atoms with E-state index in [1.807, 2.05) is 57.2 Å². The van der Waals surface area contributed by atoms with Gasteiger partial charge in [-0.3, -0.25) is 9.59 Å². The van der Waals surface area contributed by atoms with Crippen LogP contribution in [-0.2, 0) is 4.79 Å². The molecule has 0 unspecified atom stereocenters. The first kappa shape index (κ1) is 23.0. The van der Waals surface area contributed by atoms with Gasteiger partial charge in [-0.2, -0.15) is 0 Å². The summed E-state index contributed by atoms with van der Waals surface area (Å²) < 4.78 is 0. The molecule has 0 aliphatic rings. The Morgan fingerprint density at radius 1 is 1.07 bits per heavy atom. The van der Waals surface area contributed by atoms with E-state index in [-0.39, 0.29) is 30.0 Å². The number of hydrogen-bond donors (Lipinski definition) is 3. The minimum atomic E-state index is -0.480. The van der Waals surface area contributed by atoms with Crippen LogP contribution in [0.2, 0.25) is 0 Å². The summed E-state index contributed by atoms with van der Waals surface area (Å²) in [5.74, 6) is -0.0803. The molecule has 7 heteroatoms. The van der Waals surface area contributed by atoms with Crippen LogP contribution in [0, 0.1) is 6.92 Å². The van der Waals surface area contributed by atoms with Crippen molar-refractivity contribution in [3.8, 4) is 0 Å². The van der Waals surface area contributed by atoms with Crippen molar-refractivity contribution in [1.29, 1.82) is 0 Å². The molecule has 0 atom stereocenters. The fraction of sp³-hybridized carbons (Fsp3) is 0.300. The first-order valence-electron chi connectivity index (χ1n) is 8.40. The summed E-state index contributed by atoms with van der Waals surface area (Å²) in [4.78, 5) is 25.3. The number of carbonyl (C=O) groups excluding carboxylic acids is 2. The maximum absolute atomic E-state index is 12.4. The quantitative estimate of drug-likeness (QED) is 0.612. The summed E-state index contributed by atoms with van der Waals surface area (Å²) in [7, 11) is 0. The lowest BCUT2D eigenvalue weighted by molar-refractivity contribution is -0.113. The highest BCUT2D eigenvalue weighted by Gasteiger charge is 2.16. The third-order valence-corrected chi connectivity index (χ3v) is 4.60. The number of nitrogens with one attached hydrogen (secondary N) is 2. The van der Waals surface area contributed by atoms with Crippen molar-refractivity contribution < 1.29 is 9.59 Å². The molecule has 0 aliphatic heterocycles. The molecule has 2 amide bonds.